The van der Waals surface area contributed by atoms with Gasteiger partial charge in [-0.3, -0.25) is 4.79 Å². The van der Waals surface area contributed by atoms with Gasteiger partial charge in [0.25, 0.3) is 5.91 Å². The Balaban J connectivity index is 1.36. The molecule has 0 saturated heterocycles. The first kappa shape index (κ1) is 22.3. The zero-order chi connectivity index (χ0) is 29.7. The first-order chi connectivity index (χ1) is 19.2. The van der Waals surface area contributed by atoms with Crippen LogP contribution < -0.4 is 19.9 Å². The minimum Gasteiger partial charge on any atom is -0.436 e. The summed E-state index contributed by atoms with van der Waals surface area (Å²) < 4.78 is 68.1. The van der Waals surface area contributed by atoms with E-state index < -0.39 is 42.1 Å². The maximum Gasteiger partial charge on any atom is 0.433 e. The van der Waals surface area contributed by atoms with E-state index in [4.69, 9.17) is 20.5 Å². The zero-order valence-electron chi connectivity index (χ0n) is 22.9. The van der Waals surface area contributed by atoms with Crippen LogP contribution in [0.15, 0.2) is 30.5 Å². The average molecular weight is 553 g/mol. The molecule has 200 valence electrons. The lowest BCUT2D eigenvalue weighted by Crippen LogP contribution is -2.64. The second kappa shape index (κ2) is 9.55. The van der Waals surface area contributed by atoms with E-state index in [9.17, 15) is 23.1 Å². The number of aryl methyl sites for hydroxylation is 1. The van der Waals surface area contributed by atoms with Crippen LogP contribution in [0.25, 0.3) is 0 Å². The van der Waals surface area contributed by atoms with Crippen molar-refractivity contribution in [2.75, 3.05) is 35.2 Å². The fourth-order valence-electron chi connectivity index (χ4n) is 4.18. The van der Waals surface area contributed by atoms with E-state index in [1.807, 2.05) is 0 Å². The molecule has 14 heteroatoms. The highest BCUT2D eigenvalue weighted by molar-refractivity contribution is 6.30. The normalized spacial score (nSPS) is 20.4. The number of carbonyl (C=O) groups is 1. The number of aromatic nitrogens is 4. The van der Waals surface area contributed by atoms with E-state index in [2.05, 4.69) is 25.3 Å². The molecule has 0 radical (unpaired) electrons. The summed E-state index contributed by atoms with van der Waals surface area (Å²) in [5.74, 6) is -0.427. The Morgan fingerprint density at radius 2 is 2.08 bits per heavy atom. The molecule has 3 aromatic heterocycles. The van der Waals surface area contributed by atoms with E-state index in [1.54, 1.807) is 6.07 Å². The molecule has 10 nitrogen and oxygen atoms in total. The summed E-state index contributed by atoms with van der Waals surface area (Å²) in [6.07, 6.45) is -2.08. The second-order valence-corrected chi connectivity index (χ2v) is 9.30. The van der Waals surface area contributed by atoms with Crippen LogP contribution in [0, 0.1) is 0 Å². The fourth-order valence-corrected chi connectivity index (χ4v) is 4.37. The van der Waals surface area contributed by atoms with Crippen LogP contribution in [0.3, 0.4) is 0 Å². The Hall–Kier alpha value is -3.71. The highest BCUT2D eigenvalue weighted by atomic mass is 35.5. The predicted octanol–water partition coefficient (Wildman–Crippen LogP) is 3.82. The quantitative estimate of drug-likeness (QED) is 0.440. The third kappa shape index (κ3) is 4.56. The Morgan fingerprint density at radius 3 is 2.74 bits per heavy atom. The molecule has 2 aliphatic rings. The van der Waals surface area contributed by atoms with E-state index in [1.165, 1.54) is 24.1 Å². The third-order valence-corrected chi connectivity index (χ3v) is 6.56. The minimum absolute atomic E-state index is 0.0252. The molecule has 0 unspecified atom stereocenters. The van der Waals surface area contributed by atoms with Crippen LogP contribution in [-0.2, 0) is 23.9 Å². The van der Waals surface area contributed by atoms with Crippen LogP contribution in [0.4, 0.5) is 30.6 Å². The van der Waals surface area contributed by atoms with Gasteiger partial charge in [-0.2, -0.15) is 18.2 Å². The molecular weight excluding hydrogens is 527 g/mol. The molecule has 1 amide bonds. The van der Waals surface area contributed by atoms with Crippen LogP contribution in [0.2, 0.25) is 5.15 Å². The van der Waals surface area contributed by atoms with Crippen molar-refractivity contribution in [2.24, 2.45) is 0 Å². The average Bonchev–Trinajstić information content (AvgIpc) is 2.91. The maximum atomic E-state index is 13.3. The Morgan fingerprint density at radius 1 is 1.26 bits per heavy atom. The molecule has 2 N–H and O–H groups in total. The number of hydrogen-bond donors (Lipinski definition) is 2. The number of hydrogen-bond acceptors (Lipinski definition) is 9. The molecule has 5 rings (SSSR count). The number of nitrogens with zero attached hydrogens (tertiary/aromatic N) is 6. The molecule has 3 aromatic rings. The first-order valence-electron chi connectivity index (χ1n) is 13.0. The highest BCUT2D eigenvalue weighted by Gasteiger charge is 2.48. The van der Waals surface area contributed by atoms with Crippen LogP contribution >= 0.6 is 11.6 Å². The number of anilines is 3. The van der Waals surface area contributed by atoms with E-state index in [0.29, 0.717) is 36.3 Å². The van der Waals surface area contributed by atoms with Gasteiger partial charge in [-0.25, -0.2) is 15.0 Å². The van der Waals surface area contributed by atoms with E-state index in [-0.39, 0.29) is 29.9 Å². The fraction of sp³-hybridized carbons (Fsp3) is 0.375. The Kier molecular flexibility index (Phi) is 5.60. The molecule has 2 aliphatic heterocycles. The summed E-state index contributed by atoms with van der Waals surface area (Å²) in [6, 6.07) is 4.92. The summed E-state index contributed by atoms with van der Waals surface area (Å²) >= 11 is 5.83. The van der Waals surface area contributed by atoms with Gasteiger partial charge in [-0.1, -0.05) is 17.7 Å². The van der Waals surface area contributed by atoms with Gasteiger partial charge in [0.1, 0.15) is 16.9 Å². The number of halogens is 4. The molecule has 5 heterocycles. The van der Waals surface area contributed by atoms with Gasteiger partial charge in [0, 0.05) is 36.4 Å². The van der Waals surface area contributed by atoms with Crippen molar-refractivity contribution < 1.29 is 31.9 Å². The summed E-state index contributed by atoms with van der Waals surface area (Å²) in [4.78, 5) is 32.0. The van der Waals surface area contributed by atoms with E-state index in [0.717, 1.165) is 17.0 Å². The van der Waals surface area contributed by atoms with Gasteiger partial charge in [0.15, 0.2) is 16.7 Å². The Labute approximate surface area is 224 Å². The standard InChI is InChI=1S/C24H23ClF3N7O3/c1-23(12-36)21(37)35-9-3-4-14-18(35)20(34(23)2)33-22(31-14)30-11-13-5-8-17(29-10-13)38-15-6-7-16(24(26,27)28)32-19(15)25/h5-8,10,36H,3-4,9,11-12H2,1-2H3,(H,30,31,33)/t23-/m0/s1/i2D3. The number of likely N-dealkylation sites (N-methyl/N-ethyl adjacent to an activating group) is 1. The van der Waals surface area contributed by atoms with Crippen LogP contribution in [-0.4, -0.2) is 56.6 Å². The van der Waals surface area contributed by atoms with Gasteiger partial charge < -0.3 is 25.0 Å². The molecule has 0 bridgehead atoms. The molecule has 38 heavy (non-hydrogen) atoms. The van der Waals surface area contributed by atoms with Crippen molar-refractivity contribution in [1.82, 2.24) is 19.9 Å². The number of ether oxygens (including phenoxy) is 1. The van der Waals surface area contributed by atoms with Gasteiger partial charge in [0.05, 0.1) is 12.3 Å². The molecular formula is C24H23ClF3N7O3. The summed E-state index contributed by atoms with van der Waals surface area (Å²) in [7, 11) is 0. The molecule has 1 atom stereocenters. The number of nitrogens with one attached hydrogen (secondary N) is 1. The van der Waals surface area contributed by atoms with Crippen molar-refractivity contribution in [2.45, 2.75) is 38.0 Å². The summed E-state index contributed by atoms with van der Waals surface area (Å²) in [5.41, 5.74) is -1.41. The number of rotatable bonds is 6. The summed E-state index contributed by atoms with van der Waals surface area (Å²) in [5, 5.41) is 12.7. The SMILES string of the molecule is [2H]C([2H])([2H])N1c2nc(NCc3ccc(Oc4ccc(C(F)(F)F)nc4Cl)nc3)nc3c2N(CCC3)C(=O)[C@]1(C)CO. The lowest BCUT2D eigenvalue weighted by atomic mass is 9.93. The van der Waals surface area contributed by atoms with Crippen LogP contribution in [0.1, 0.15) is 34.4 Å². The third-order valence-electron chi connectivity index (χ3n) is 6.29. The topological polar surface area (TPSA) is 117 Å². The number of aliphatic hydroxyl groups is 1. The van der Waals surface area contributed by atoms with Crippen molar-refractivity contribution in [3.8, 4) is 11.6 Å². The number of aliphatic hydroxyl groups excluding tert-OH is 1. The molecule has 0 aromatic carbocycles. The van der Waals surface area contributed by atoms with Gasteiger partial charge in [-0.05, 0) is 37.5 Å². The second-order valence-electron chi connectivity index (χ2n) is 8.94. The first-order valence-corrected chi connectivity index (χ1v) is 11.8. The molecule has 0 spiro atoms. The lowest BCUT2D eigenvalue weighted by Gasteiger charge is -2.47. The van der Waals surface area contributed by atoms with Crippen molar-refractivity contribution in [3.63, 3.8) is 0 Å². The molecule has 0 fully saturated rings. The molecule has 0 aliphatic carbocycles. The van der Waals surface area contributed by atoms with Gasteiger partial charge in [0.2, 0.25) is 11.8 Å². The lowest BCUT2D eigenvalue weighted by molar-refractivity contribution is -0.141. The van der Waals surface area contributed by atoms with Gasteiger partial charge >= 0.3 is 6.18 Å². The highest BCUT2D eigenvalue weighted by Crippen LogP contribution is 2.43. The Bertz CT molecular complexity index is 1490. The number of pyridine rings is 2. The maximum absolute atomic E-state index is 13.3. The van der Waals surface area contributed by atoms with Crippen molar-refractivity contribution in [3.05, 3.63) is 52.6 Å². The summed E-state index contributed by atoms with van der Waals surface area (Å²) in [6.45, 7) is -1.61. The number of alkyl halides is 3. The van der Waals surface area contributed by atoms with Crippen molar-refractivity contribution >= 4 is 35.0 Å². The minimum atomic E-state index is -4.64. The number of carbonyl (C=O) groups excluding carboxylic acids is 1. The molecule has 0 saturated carbocycles. The number of amides is 1. The zero-order valence-corrected chi connectivity index (χ0v) is 20.6. The predicted molar refractivity (Wildman–Crippen MR) is 132 cm³/mol. The van der Waals surface area contributed by atoms with E-state index >= 15 is 0 Å². The van der Waals surface area contributed by atoms with Gasteiger partial charge in [-0.15, -0.1) is 0 Å². The van der Waals surface area contributed by atoms with Crippen LogP contribution in [0.5, 0.6) is 11.6 Å². The van der Waals surface area contributed by atoms with Crippen molar-refractivity contribution in [1.29, 1.82) is 0 Å². The smallest absolute Gasteiger partial charge is 0.433 e. The monoisotopic (exact) mass is 552 g/mol. The largest absolute Gasteiger partial charge is 0.436 e.